The molecule has 1 unspecified atom stereocenters. The average Bonchev–Trinajstić information content (AvgIpc) is 2.76. The topological polar surface area (TPSA) is 15.3 Å². The van der Waals surface area contributed by atoms with Crippen molar-refractivity contribution in [2.45, 2.75) is 71.8 Å². The molecule has 2 rings (SSSR count). The van der Waals surface area contributed by atoms with Gasteiger partial charge in [0.25, 0.3) is 0 Å². The van der Waals surface area contributed by atoms with Gasteiger partial charge >= 0.3 is 0 Å². The number of piperazine rings is 1. The number of hydrogen-bond donors (Lipinski definition) is 1. The second-order valence-corrected chi connectivity index (χ2v) is 7.86. The van der Waals surface area contributed by atoms with Crippen molar-refractivity contribution in [3.63, 3.8) is 0 Å². The van der Waals surface area contributed by atoms with E-state index in [9.17, 15) is 0 Å². The van der Waals surface area contributed by atoms with Gasteiger partial charge in [-0.15, -0.1) is 0 Å². The van der Waals surface area contributed by atoms with Gasteiger partial charge in [0.1, 0.15) is 0 Å². The summed E-state index contributed by atoms with van der Waals surface area (Å²) in [4.78, 5) is 2.76. The van der Waals surface area contributed by atoms with Crippen LogP contribution in [0, 0.1) is 11.3 Å². The highest BCUT2D eigenvalue weighted by atomic mass is 15.2. The van der Waals surface area contributed by atoms with E-state index in [0.29, 0.717) is 11.0 Å². The maximum Gasteiger partial charge on any atom is 0.0278 e. The lowest BCUT2D eigenvalue weighted by molar-refractivity contribution is 0.0750. The fourth-order valence-electron chi connectivity index (χ4n) is 4.41. The molecule has 1 aliphatic carbocycles. The molecular formula is C17H34N2. The highest BCUT2D eigenvalue weighted by molar-refractivity contribution is 4.94. The Morgan fingerprint density at radius 3 is 2.47 bits per heavy atom. The van der Waals surface area contributed by atoms with Crippen LogP contribution in [0.1, 0.15) is 66.2 Å². The Kier molecular flexibility index (Phi) is 4.94. The van der Waals surface area contributed by atoms with Gasteiger partial charge < -0.3 is 5.32 Å². The van der Waals surface area contributed by atoms with Crippen molar-refractivity contribution in [2.75, 3.05) is 26.2 Å². The molecule has 1 saturated heterocycles. The number of nitrogens with zero attached hydrogens (tertiary/aromatic N) is 1. The smallest absolute Gasteiger partial charge is 0.0278 e. The van der Waals surface area contributed by atoms with E-state index in [2.05, 4.69) is 37.9 Å². The van der Waals surface area contributed by atoms with Crippen molar-refractivity contribution in [1.82, 2.24) is 10.2 Å². The molecule has 0 bridgehead atoms. The van der Waals surface area contributed by atoms with Crippen molar-refractivity contribution >= 4 is 0 Å². The fourth-order valence-corrected chi connectivity index (χ4v) is 4.41. The lowest BCUT2D eigenvalue weighted by atomic mass is 9.77. The van der Waals surface area contributed by atoms with E-state index in [-0.39, 0.29) is 0 Å². The standard InChI is InChI=1S/C17H34N2/c1-5-16(4)13-19(11-10-18-16)14-17(12-15(2)3)8-6-7-9-17/h15,18H,5-14H2,1-4H3. The molecule has 1 saturated carbocycles. The van der Waals surface area contributed by atoms with Crippen LogP contribution in [-0.2, 0) is 0 Å². The zero-order chi connectivity index (χ0) is 13.9. The molecule has 1 heterocycles. The first-order valence-corrected chi connectivity index (χ1v) is 8.44. The van der Waals surface area contributed by atoms with Crippen LogP contribution in [0.2, 0.25) is 0 Å². The van der Waals surface area contributed by atoms with Crippen molar-refractivity contribution in [1.29, 1.82) is 0 Å². The van der Waals surface area contributed by atoms with E-state index in [1.807, 2.05) is 0 Å². The Labute approximate surface area is 120 Å². The van der Waals surface area contributed by atoms with E-state index in [1.54, 1.807) is 0 Å². The largest absolute Gasteiger partial charge is 0.309 e. The third-order valence-corrected chi connectivity index (χ3v) is 5.40. The Hall–Kier alpha value is -0.0800. The summed E-state index contributed by atoms with van der Waals surface area (Å²) in [5.74, 6) is 0.846. The molecule has 19 heavy (non-hydrogen) atoms. The van der Waals surface area contributed by atoms with E-state index >= 15 is 0 Å². The summed E-state index contributed by atoms with van der Waals surface area (Å²) < 4.78 is 0. The van der Waals surface area contributed by atoms with E-state index in [0.717, 1.165) is 5.92 Å². The van der Waals surface area contributed by atoms with Crippen LogP contribution in [0.4, 0.5) is 0 Å². The van der Waals surface area contributed by atoms with Gasteiger partial charge in [0.15, 0.2) is 0 Å². The van der Waals surface area contributed by atoms with Crippen LogP contribution < -0.4 is 5.32 Å². The number of hydrogen-bond acceptors (Lipinski definition) is 2. The first-order chi connectivity index (χ1) is 8.97. The molecule has 0 radical (unpaired) electrons. The third kappa shape index (κ3) is 3.95. The molecule has 1 aliphatic heterocycles. The van der Waals surface area contributed by atoms with Gasteiger partial charge in [0.05, 0.1) is 0 Å². The molecule has 0 aromatic carbocycles. The summed E-state index contributed by atoms with van der Waals surface area (Å²) in [5, 5.41) is 3.71. The zero-order valence-electron chi connectivity index (χ0n) is 13.6. The first kappa shape index (κ1) is 15.3. The molecular weight excluding hydrogens is 232 g/mol. The second-order valence-electron chi connectivity index (χ2n) is 7.86. The quantitative estimate of drug-likeness (QED) is 0.817. The number of rotatable bonds is 5. The maximum atomic E-state index is 3.71. The Morgan fingerprint density at radius 2 is 1.89 bits per heavy atom. The van der Waals surface area contributed by atoms with Gasteiger partial charge in [-0.2, -0.15) is 0 Å². The SMILES string of the molecule is CCC1(C)CN(CC2(CC(C)C)CCCC2)CCN1. The third-order valence-electron chi connectivity index (χ3n) is 5.40. The van der Waals surface area contributed by atoms with Crippen molar-refractivity contribution in [3.8, 4) is 0 Å². The minimum Gasteiger partial charge on any atom is -0.309 e. The molecule has 1 atom stereocenters. The van der Waals surface area contributed by atoms with Gasteiger partial charge in [-0.3, -0.25) is 4.90 Å². The van der Waals surface area contributed by atoms with Crippen molar-refractivity contribution in [2.24, 2.45) is 11.3 Å². The summed E-state index contributed by atoms with van der Waals surface area (Å²) in [6.07, 6.45) is 8.53. The Bertz CT molecular complexity index is 281. The molecule has 2 heteroatoms. The van der Waals surface area contributed by atoms with Crippen LogP contribution >= 0.6 is 0 Å². The summed E-state index contributed by atoms with van der Waals surface area (Å²) in [7, 11) is 0. The molecule has 2 nitrogen and oxygen atoms in total. The second kappa shape index (κ2) is 6.13. The summed E-state index contributed by atoms with van der Waals surface area (Å²) in [6, 6.07) is 0. The van der Waals surface area contributed by atoms with Gasteiger partial charge in [-0.05, 0) is 43.9 Å². The molecule has 0 amide bonds. The van der Waals surface area contributed by atoms with Crippen LogP contribution in [0.3, 0.4) is 0 Å². The minimum absolute atomic E-state index is 0.343. The fraction of sp³-hybridized carbons (Fsp3) is 1.00. The maximum absolute atomic E-state index is 3.71. The predicted molar refractivity (Wildman–Crippen MR) is 83.5 cm³/mol. The minimum atomic E-state index is 0.343. The molecule has 2 fully saturated rings. The van der Waals surface area contributed by atoms with Crippen LogP contribution in [-0.4, -0.2) is 36.6 Å². The zero-order valence-corrected chi connectivity index (χ0v) is 13.6. The Balaban J connectivity index is 1.97. The van der Waals surface area contributed by atoms with Gasteiger partial charge in [0, 0.05) is 31.7 Å². The lowest BCUT2D eigenvalue weighted by Crippen LogP contribution is -2.59. The molecule has 1 N–H and O–H groups in total. The molecule has 0 aromatic rings. The monoisotopic (exact) mass is 266 g/mol. The summed E-state index contributed by atoms with van der Waals surface area (Å²) in [5.41, 5.74) is 0.982. The van der Waals surface area contributed by atoms with Crippen LogP contribution in [0.5, 0.6) is 0 Å². The summed E-state index contributed by atoms with van der Waals surface area (Å²) in [6.45, 7) is 14.5. The number of nitrogens with one attached hydrogen (secondary N) is 1. The highest BCUT2D eigenvalue weighted by Gasteiger charge is 2.38. The van der Waals surface area contributed by atoms with Crippen LogP contribution in [0.25, 0.3) is 0 Å². The van der Waals surface area contributed by atoms with E-state index in [1.165, 1.54) is 64.7 Å². The molecule has 2 aliphatic rings. The van der Waals surface area contributed by atoms with Crippen molar-refractivity contribution < 1.29 is 0 Å². The molecule has 112 valence electrons. The van der Waals surface area contributed by atoms with E-state index in [4.69, 9.17) is 0 Å². The van der Waals surface area contributed by atoms with Crippen LogP contribution in [0.15, 0.2) is 0 Å². The Morgan fingerprint density at radius 1 is 1.21 bits per heavy atom. The highest BCUT2D eigenvalue weighted by Crippen LogP contribution is 2.44. The first-order valence-electron chi connectivity index (χ1n) is 8.44. The van der Waals surface area contributed by atoms with E-state index < -0.39 is 0 Å². The van der Waals surface area contributed by atoms with Gasteiger partial charge in [-0.1, -0.05) is 33.6 Å². The lowest BCUT2D eigenvalue weighted by Gasteiger charge is -2.45. The summed E-state index contributed by atoms with van der Waals surface area (Å²) >= 11 is 0. The van der Waals surface area contributed by atoms with Gasteiger partial charge in [0.2, 0.25) is 0 Å². The average molecular weight is 266 g/mol. The molecule has 0 aromatic heterocycles. The normalized spacial score (nSPS) is 32.1. The van der Waals surface area contributed by atoms with Crippen molar-refractivity contribution in [3.05, 3.63) is 0 Å². The van der Waals surface area contributed by atoms with Gasteiger partial charge in [-0.25, -0.2) is 0 Å². The predicted octanol–water partition coefficient (Wildman–Crippen LogP) is 3.67. The molecule has 0 spiro atoms.